The Morgan fingerprint density at radius 1 is 1.15 bits per heavy atom. The van der Waals surface area contributed by atoms with Crippen LogP contribution in [0.25, 0.3) is 0 Å². The van der Waals surface area contributed by atoms with Crippen LogP contribution in [-0.2, 0) is 11.3 Å². The van der Waals surface area contributed by atoms with E-state index in [-0.39, 0.29) is 13.5 Å². The first-order valence-electron chi connectivity index (χ1n) is 9.46. The lowest BCUT2D eigenvalue weighted by Crippen LogP contribution is -2.47. The number of amides is 1. The molecular formula is C21H34N2O3. The van der Waals surface area contributed by atoms with Crippen LogP contribution in [0.1, 0.15) is 52.0 Å². The second kappa shape index (κ2) is 9.38. The van der Waals surface area contributed by atoms with Gasteiger partial charge in [0.2, 0.25) is 0 Å². The van der Waals surface area contributed by atoms with Gasteiger partial charge in [-0.05, 0) is 44.6 Å². The summed E-state index contributed by atoms with van der Waals surface area (Å²) in [6.07, 6.45) is 4.59. The lowest BCUT2D eigenvalue weighted by molar-refractivity contribution is -0.0180. The van der Waals surface area contributed by atoms with Crippen molar-refractivity contribution in [2.45, 2.75) is 64.7 Å². The number of hydrogen-bond donors (Lipinski definition) is 1. The summed E-state index contributed by atoms with van der Waals surface area (Å²) >= 11 is 0. The van der Waals surface area contributed by atoms with Gasteiger partial charge in [-0.15, -0.1) is 0 Å². The largest absolute Gasteiger partial charge is 0.445 e. The Morgan fingerprint density at radius 2 is 1.85 bits per heavy atom. The Bertz CT molecular complexity index is 552. The van der Waals surface area contributed by atoms with E-state index in [9.17, 15) is 9.90 Å². The molecule has 5 heteroatoms. The molecule has 1 N–H and O–H groups in total. The molecule has 0 saturated carbocycles. The molecule has 1 unspecified atom stereocenters. The molecule has 2 aliphatic rings. The Labute approximate surface area is 157 Å². The molecular weight excluding hydrogens is 328 g/mol. The second-order valence-corrected chi connectivity index (χ2v) is 7.64. The maximum Gasteiger partial charge on any atom is 0.410 e. The first-order chi connectivity index (χ1) is 12.0. The van der Waals surface area contributed by atoms with E-state index >= 15 is 0 Å². The predicted molar refractivity (Wildman–Crippen MR) is 104 cm³/mol. The fourth-order valence-electron chi connectivity index (χ4n) is 3.81. The van der Waals surface area contributed by atoms with Gasteiger partial charge < -0.3 is 19.6 Å². The number of aliphatic hydroxyl groups is 1. The van der Waals surface area contributed by atoms with E-state index in [0.29, 0.717) is 12.6 Å². The van der Waals surface area contributed by atoms with Gasteiger partial charge in [0.1, 0.15) is 6.61 Å². The van der Waals surface area contributed by atoms with Crippen LogP contribution in [0.4, 0.5) is 4.79 Å². The van der Waals surface area contributed by atoms with Crippen molar-refractivity contribution < 1.29 is 14.6 Å². The summed E-state index contributed by atoms with van der Waals surface area (Å²) < 4.78 is 5.47. The number of likely N-dealkylation sites (tertiary alicyclic amines) is 2. The molecule has 1 amide bonds. The normalized spacial score (nSPS) is 23.6. The Kier molecular flexibility index (Phi) is 7.47. The van der Waals surface area contributed by atoms with Crippen LogP contribution in [0.5, 0.6) is 0 Å². The van der Waals surface area contributed by atoms with Gasteiger partial charge in [0, 0.05) is 32.2 Å². The van der Waals surface area contributed by atoms with Crippen LogP contribution in [0.3, 0.4) is 0 Å². The molecule has 2 heterocycles. The van der Waals surface area contributed by atoms with Crippen molar-refractivity contribution in [3.63, 3.8) is 0 Å². The van der Waals surface area contributed by atoms with Crippen LogP contribution in [-0.4, -0.2) is 58.8 Å². The monoisotopic (exact) mass is 362 g/mol. The van der Waals surface area contributed by atoms with Gasteiger partial charge in [0.15, 0.2) is 0 Å². The molecule has 0 aromatic heterocycles. The highest BCUT2D eigenvalue weighted by Gasteiger charge is 2.32. The molecule has 2 saturated heterocycles. The average Bonchev–Trinajstić information content (AvgIpc) is 2.87. The first-order valence-corrected chi connectivity index (χ1v) is 9.46. The number of carbonyl (C=O) groups is 1. The zero-order chi connectivity index (χ0) is 17.7. The molecule has 1 aromatic carbocycles. The number of benzene rings is 1. The number of hydrogen-bond acceptors (Lipinski definition) is 4. The van der Waals surface area contributed by atoms with Gasteiger partial charge in [-0.25, -0.2) is 4.79 Å². The van der Waals surface area contributed by atoms with Crippen LogP contribution in [0.2, 0.25) is 0 Å². The molecule has 0 radical (unpaired) electrons. The second-order valence-electron chi connectivity index (χ2n) is 7.64. The number of carbonyl (C=O) groups excluding carboxylic acids is 1. The zero-order valence-electron chi connectivity index (χ0n) is 15.2. The molecule has 1 atom stereocenters. The van der Waals surface area contributed by atoms with Crippen molar-refractivity contribution in [3.05, 3.63) is 35.9 Å². The highest BCUT2D eigenvalue weighted by Crippen LogP contribution is 2.26. The molecule has 5 nitrogen and oxygen atoms in total. The standard InChI is InChI=1S/C20H30N2O3.CH4/c1-20(24)10-14-21(15-11-20)18-8-5-12-22(13-9-18)19(23)25-16-17-6-3-2-4-7-17;/h2-4,6-7,18,24H,5,8-16H2,1H3;1H4. The fraction of sp³-hybridized carbons (Fsp3) is 0.667. The number of piperidine rings is 1. The summed E-state index contributed by atoms with van der Waals surface area (Å²) in [4.78, 5) is 16.7. The lowest BCUT2D eigenvalue weighted by Gasteiger charge is -2.40. The smallest absolute Gasteiger partial charge is 0.410 e. The molecule has 146 valence electrons. The van der Waals surface area contributed by atoms with Crippen molar-refractivity contribution in [2.24, 2.45) is 0 Å². The van der Waals surface area contributed by atoms with Crippen molar-refractivity contribution in [1.82, 2.24) is 9.80 Å². The molecule has 2 aliphatic heterocycles. The topological polar surface area (TPSA) is 53.0 Å². The quantitative estimate of drug-likeness (QED) is 0.891. The van der Waals surface area contributed by atoms with Crippen LogP contribution in [0.15, 0.2) is 30.3 Å². The Balaban J connectivity index is 0.00000243. The number of rotatable bonds is 3. The van der Waals surface area contributed by atoms with Gasteiger partial charge in [0.25, 0.3) is 0 Å². The molecule has 0 bridgehead atoms. The van der Waals surface area contributed by atoms with Crippen molar-refractivity contribution in [2.75, 3.05) is 26.2 Å². The third kappa shape index (κ3) is 5.71. The highest BCUT2D eigenvalue weighted by atomic mass is 16.6. The fourth-order valence-corrected chi connectivity index (χ4v) is 3.81. The maximum absolute atomic E-state index is 12.3. The Hall–Kier alpha value is -1.59. The van der Waals surface area contributed by atoms with E-state index in [1.807, 2.05) is 42.2 Å². The molecule has 0 aliphatic carbocycles. The van der Waals surface area contributed by atoms with E-state index in [1.165, 1.54) is 0 Å². The lowest BCUT2D eigenvalue weighted by atomic mass is 9.92. The summed E-state index contributed by atoms with van der Waals surface area (Å²) in [5, 5.41) is 10.1. The SMILES string of the molecule is C.CC1(O)CCN(C2CCCN(C(=O)OCc3ccccc3)CC2)CC1. The van der Waals surface area contributed by atoms with E-state index in [1.54, 1.807) is 0 Å². The van der Waals surface area contributed by atoms with Gasteiger partial charge in [0.05, 0.1) is 5.60 Å². The summed E-state index contributed by atoms with van der Waals surface area (Å²) in [6.45, 7) is 5.70. The van der Waals surface area contributed by atoms with Gasteiger partial charge in [-0.3, -0.25) is 0 Å². The third-order valence-electron chi connectivity index (χ3n) is 5.55. The van der Waals surface area contributed by atoms with E-state index < -0.39 is 5.60 Å². The number of nitrogens with zero attached hydrogens (tertiary/aromatic N) is 2. The molecule has 26 heavy (non-hydrogen) atoms. The van der Waals surface area contributed by atoms with Crippen molar-refractivity contribution >= 4 is 6.09 Å². The first kappa shape index (κ1) is 20.7. The predicted octanol–water partition coefficient (Wildman–Crippen LogP) is 3.66. The molecule has 2 fully saturated rings. The van der Waals surface area contributed by atoms with E-state index in [2.05, 4.69) is 4.90 Å². The summed E-state index contributed by atoms with van der Waals surface area (Å²) in [6, 6.07) is 10.3. The number of ether oxygens (including phenoxy) is 1. The van der Waals surface area contributed by atoms with E-state index in [4.69, 9.17) is 4.74 Å². The summed E-state index contributed by atoms with van der Waals surface area (Å²) in [7, 11) is 0. The van der Waals surface area contributed by atoms with Crippen molar-refractivity contribution in [1.29, 1.82) is 0 Å². The minimum absolute atomic E-state index is 0. The highest BCUT2D eigenvalue weighted by molar-refractivity contribution is 5.67. The van der Waals surface area contributed by atoms with Gasteiger partial charge in [-0.1, -0.05) is 37.8 Å². The Morgan fingerprint density at radius 3 is 2.54 bits per heavy atom. The molecule has 1 aromatic rings. The average molecular weight is 363 g/mol. The summed E-state index contributed by atoms with van der Waals surface area (Å²) in [5.74, 6) is 0. The van der Waals surface area contributed by atoms with Crippen LogP contribution in [0, 0.1) is 0 Å². The zero-order valence-corrected chi connectivity index (χ0v) is 15.2. The minimum atomic E-state index is -0.505. The van der Waals surface area contributed by atoms with Gasteiger partial charge >= 0.3 is 6.09 Å². The molecule has 0 spiro atoms. The minimum Gasteiger partial charge on any atom is -0.445 e. The van der Waals surface area contributed by atoms with Crippen molar-refractivity contribution in [3.8, 4) is 0 Å². The summed E-state index contributed by atoms with van der Waals surface area (Å²) in [5.41, 5.74) is 0.512. The third-order valence-corrected chi connectivity index (χ3v) is 5.55. The van der Waals surface area contributed by atoms with Gasteiger partial charge in [-0.2, -0.15) is 0 Å². The van der Waals surface area contributed by atoms with Crippen LogP contribution < -0.4 is 0 Å². The van der Waals surface area contributed by atoms with E-state index in [0.717, 1.165) is 63.8 Å². The van der Waals surface area contributed by atoms with Crippen LogP contribution >= 0.6 is 0 Å². The molecule has 3 rings (SSSR count). The maximum atomic E-state index is 12.3.